The van der Waals surface area contributed by atoms with Crippen LogP contribution in [0.3, 0.4) is 0 Å². The second-order valence-electron chi connectivity index (χ2n) is 2.98. The molecule has 13 heavy (non-hydrogen) atoms. The first-order valence-electron chi connectivity index (χ1n) is 4.08. The molecule has 2 heterocycles. The Balaban J connectivity index is 2.64. The highest BCUT2D eigenvalue weighted by atomic mass is 32.1. The van der Waals surface area contributed by atoms with Crippen LogP contribution in [0.15, 0.2) is 28.9 Å². The van der Waals surface area contributed by atoms with Gasteiger partial charge in [-0.1, -0.05) is 0 Å². The summed E-state index contributed by atoms with van der Waals surface area (Å²) in [6.45, 7) is 2.02. The maximum absolute atomic E-state index is 5.31. The fourth-order valence-electron chi connectivity index (χ4n) is 1.54. The van der Waals surface area contributed by atoms with Gasteiger partial charge >= 0.3 is 0 Å². The summed E-state index contributed by atoms with van der Waals surface area (Å²) in [6, 6.07) is 5.97. The van der Waals surface area contributed by atoms with Gasteiger partial charge in [-0.05, 0) is 25.1 Å². The molecule has 0 atom stereocenters. The maximum Gasteiger partial charge on any atom is 0.135 e. The Morgan fingerprint density at radius 3 is 3.15 bits per heavy atom. The van der Waals surface area contributed by atoms with E-state index in [-0.39, 0.29) is 0 Å². The molecule has 3 heteroatoms. The van der Waals surface area contributed by atoms with Gasteiger partial charge in [0.15, 0.2) is 0 Å². The minimum atomic E-state index is 0.941. The molecule has 0 spiro atoms. The second kappa shape index (κ2) is 2.33. The van der Waals surface area contributed by atoms with Gasteiger partial charge in [-0.15, -0.1) is 11.3 Å². The minimum absolute atomic E-state index is 0.941. The summed E-state index contributed by atoms with van der Waals surface area (Å²) in [7, 11) is 0. The van der Waals surface area contributed by atoms with Crippen LogP contribution >= 0.6 is 11.3 Å². The Morgan fingerprint density at radius 2 is 2.23 bits per heavy atom. The molecular weight excluding hydrogens is 182 g/mol. The molecule has 0 aliphatic heterocycles. The molecule has 64 valence electrons. The average Bonchev–Trinajstić information content (AvgIpc) is 2.65. The van der Waals surface area contributed by atoms with E-state index in [4.69, 9.17) is 4.42 Å². The topological polar surface area (TPSA) is 26.0 Å². The first-order valence-corrected chi connectivity index (χ1v) is 4.89. The van der Waals surface area contributed by atoms with Gasteiger partial charge in [0, 0.05) is 5.39 Å². The van der Waals surface area contributed by atoms with Crippen molar-refractivity contribution in [3.63, 3.8) is 0 Å². The van der Waals surface area contributed by atoms with Gasteiger partial charge in [-0.2, -0.15) is 0 Å². The molecule has 0 saturated carbocycles. The number of rotatable bonds is 0. The minimum Gasteiger partial charge on any atom is -0.464 e. The fourth-order valence-corrected chi connectivity index (χ4v) is 2.48. The maximum atomic E-state index is 5.31. The van der Waals surface area contributed by atoms with Crippen molar-refractivity contribution in [2.45, 2.75) is 6.92 Å². The Bertz CT molecular complexity index is 579. The molecule has 0 unspecified atom stereocenters. The van der Waals surface area contributed by atoms with Crippen LogP contribution < -0.4 is 0 Å². The van der Waals surface area contributed by atoms with E-state index >= 15 is 0 Å². The molecule has 0 radical (unpaired) electrons. The number of benzene rings is 1. The predicted octanol–water partition coefficient (Wildman–Crippen LogP) is 3.35. The molecule has 1 aromatic carbocycles. The third kappa shape index (κ3) is 0.906. The van der Waals surface area contributed by atoms with Crippen LogP contribution in [0.1, 0.15) is 5.01 Å². The molecule has 3 aromatic rings. The van der Waals surface area contributed by atoms with E-state index in [1.165, 1.54) is 10.1 Å². The summed E-state index contributed by atoms with van der Waals surface area (Å²) in [4.78, 5) is 4.42. The molecule has 0 bridgehead atoms. The van der Waals surface area contributed by atoms with Gasteiger partial charge in [0.2, 0.25) is 0 Å². The van der Waals surface area contributed by atoms with Crippen molar-refractivity contribution in [3.05, 3.63) is 29.5 Å². The molecule has 0 fully saturated rings. The summed E-state index contributed by atoms with van der Waals surface area (Å²) in [5.74, 6) is 0. The number of hydrogen-bond donors (Lipinski definition) is 0. The van der Waals surface area contributed by atoms with Crippen LogP contribution in [0.2, 0.25) is 0 Å². The molecule has 0 N–H and O–H groups in total. The van der Waals surface area contributed by atoms with Crippen molar-refractivity contribution >= 4 is 32.5 Å². The number of aromatic nitrogens is 1. The molecule has 0 aliphatic carbocycles. The Hall–Kier alpha value is -1.35. The highest BCUT2D eigenvalue weighted by Crippen LogP contribution is 2.30. The van der Waals surface area contributed by atoms with Crippen molar-refractivity contribution in [3.8, 4) is 0 Å². The highest BCUT2D eigenvalue weighted by molar-refractivity contribution is 7.19. The van der Waals surface area contributed by atoms with Gasteiger partial charge in [-0.3, -0.25) is 0 Å². The van der Waals surface area contributed by atoms with Crippen molar-refractivity contribution in [1.82, 2.24) is 4.98 Å². The van der Waals surface area contributed by atoms with Crippen molar-refractivity contribution < 1.29 is 4.42 Å². The summed E-state index contributed by atoms with van der Waals surface area (Å²) < 4.78 is 6.54. The zero-order chi connectivity index (χ0) is 8.84. The SMILES string of the molecule is Cc1nc2ccc3occc3c2s1. The first-order chi connectivity index (χ1) is 6.34. The summed E-state index contributed by atoms with van der Waals surface area (Å²) >= 11 is 1.72. The molecular formula is C10H7NOS. The zero-order valence-corrected chi connectivity index (χ0v) is 7.89. The van der Waals surface area contributed by atoms with E-state index in [9.17, 15) is 0 Å². The smallest absolute Gasteiger partial charge is 0.135 e. The van der Waals surface area contributed by atoms with Gasteiger partial charge in [0.05, 0.1) is 21.5 Å². The summed E-state index contributed by atoms with van der Waals surface area (Å²) in [5.41, 5.74) is 2.01. The Labute approximate surface area is 78.8 Å². The van der Waals surface area contributed by atoms with Crippen molar-refractivity contribution in [2.24, 2.45) is 0 Å². The molecule has 3 rings (SSSR count). The lowest BCUT2D eigenvalue weighted by Crippen LogP contribution is -1.68. The molecule has 2 aromatic heterocycles. The van der Waals surface area contributed by atoms with Gasteiger partial charge in [-0.25, -0.2) is 4.98 Å². The van der Waals surface area contributed by atoms with Crippen LogP contribution in [0, 0.1) is 6.92 Å². The van der Waals surface area contributed by atoms with Crippen molar-refractivity contribution in [2.75, 3.05) is 0 Å². The lowest BCUT2D eigenvalue weighted by atomic mass is 10.2. The van der Waals surface area contributed by atoms with E-state index < -0.39 is 0 Å². The van der Waals surface area contributed by atoms with Gasteiger partial charge in [0.1, 0.15) is 5.58 Å². The third-order valence-electron chi connectivity index (χ3n) is 2.09. The number of hydrogen-bond acceptors (Lipinski definition) is 3. The lowest BCUT2D eigenvalue weighted by Gasteiger charge is -1.87. The number of thiazole rings is 1. The van der Waals surface area contributed by atoms with E-state index in [2.05, 4.69) is 4.98 Å². The van der Waals surface area contributed by atoms with Crippen LogP contribution in [0.5, 0.6) is 0 Å². The lowest BCUT2D eigenvalue weighted by molar-refractivity contribution is 0.616. The zero-order valence-electron chi connectivity index (χ0n) is 7.07. The molecule has 0 amide bonds. The summed E-state index contributed by atoms with van der Waals surface area (Å²) in [5, 5.41) is 2.27. The Morgan fingerprint density at radius 1 is 1.31 bits per heavy atom. The molecule has 0 aliphatic rings. The third-order valence-corrected chi connectivity index (χ3v) is 3.11. The van der Waals surface area contributed by atoms with Gasteiger partial charge < -0.3 is 4.42 Å². The van der Waals surface area contributed by atoms with Crippen LogP contribution in [0.25, 0.3) is 21.2 Å². The number of nitrogens with zero attached hydrogens (tertiary/aromatic N) is 1. The summed E-state index contributed by atoms with van der Waals surface area (Å²) in [6.07, 6.45) is 1.72. The quantitative estimate of drug-likeness (QED) is 0.542. The van der Waals surface area contributed by atoms with E-state index in [0.717, 1.165) is 16.1 Å². The Kier molecular flexibility index (Phi) is 1.27. The first kappa shape index (κ1) is 7.09. The van der Waals surface area contributed by atoms with Crippen LogP contribution in [-0.2, 0) is 0 Å². The van der Waals surface area contributed by atoms with E-state index in [0.29, 0.717) is 0 Å². The number of aryl methyl sites for hydroxylation is 1. The standard InChI is InChI=1S/C10H7NOS/c1-6-11-8-2-3-9-7(4-5-12-9)10(8)13-6/h2-5H,1H3. The molecule has 2 nitrogen and oxygen atoms in total. The molecule has 0 saturated heterocycles. The highest BCUT2D eigenvalue weighted by Gasteiger charge is 2.06. The van der Waals surface area contributed by atoms with Crippen LogP contribution in [0.4, 0.5) is 0 Å². The van der Waals surface area contributed by atoms with E-state index in [1.807, 2.05) is 25.1 Å². The largest absolute Gasteiger partial charge is 0.464 e. The predicted molar refractivity (Wildman–Crippen MR) is 54.1 cm³/mol. The fraction of sp³-hybridized carbons (Fsp3) is 0.100. The average molecular weight is 189 g/mol. The normalized spacial score (nSPS) is 11.5. The number of fused-ring (bicyclic) bond motifs is 3. The monoisotopic (exact) mass is 189 g/mol. The van der Waals surface area contributed by atoms with Crippen molar-refractivity contribution in [1.29, 1.82) is 0 Å². The number of furan rings is 1. The van der Waals surface area contributed by atoms with Gasteiger partial charge in [0.25, 0.3) is 0 Å². The second-order valence-corrected chi connectivity index (χ2v) is 4.18. The van der Waals surface area contributed by atoms with E-state index in [1.54, 1.807) is 17.6 Å². The van der Waals surface area contributed by atoms with Crippen LogP contribution in [-0.4, -0.2) is 4.98 Å².